The third-order valence-corrected chi connectivity index (χ3v) is 5.20. The molecule has 1 fully saturated rings. The number of hydrogen-bond donors (Lipinski definition) is 0. The van der Waals surface area contributed by atoms with Gasteiger partial charge in [-0.05, 0) is 51.5 Å². The van der Waals surface area contributed by atoms with Gasteiger partial charge in [0.1, 0.15) is 0 Å². The van der Waals surface area contributed by atoms with E-state index in [0.717, 1.165) is 22.9 Å². The highest BCUT2D eigenvalue weighted by Gasteiger charge is 2.37. The van der Waals surface area contributed by atoms with Gasteiger partial charge in [0, 0.05) is 30.9 Å². The Labute approximate surface area is 149 Å². The number of carbonyl (C=O) groups is 1. The van der Waals surface area contributed by atoms with E-state index in [-0.39, 0.29) is 24.1 Å². The Hall–Kier alpha value is -2.19. The van der Waals surface area contributed by atoms with E-state index in [1.54, 1.807) is 25.8 Å². The van der Waals surface area contributed by atoms with Gasteiger partial charge in [0.15, 0.2) is 0 Å². The molecule has 3 rings (SSSR count). The molecular formula is C17H22F3N5O. The molecule has 0 spiro atoms. The van der Waals surface area contributed by atoms with Crippen LogP contribution in [0.4, 0.5) is 13.2 Å². The van der Waals surface area contributed by atoms with E-state index < -0.39 is 12.0 Å². The predicted octanol–water partition coefficient (Wildman–Crippen LogP) is 2.95. The summed E-state index contributed by atoms with van der Waals surface area (Å²) < 4.78 is 39.6. The quantitative estimate of drug-likeness (QED) is 0.813. The van der Waals surface area contributed by atoms with E-state index >= 15 is 0 Å². The maximum absolute atomic E-state index is 12.8. The highest BCUT2D eigenvalue weighted by atomic mass is 19.4. The molecule has 0 aromatic carbocycles. The Morgan fingerprint density at radius 2 is 1.96 bits per heavy atom. The van der Waals surface area contributed by atoms with Gasteiger partial charge in [-0.15, -0.1) is 5.10 Å². The lowest BCUT2D eigenvalue weighted by Crippen LogP contribution is -2.36. The van der Waals surface area contributed by atoms with E-state index in [9.17, 15) is 18.0 Å². The minimum Gasteiger partial charge on any atom is -0.343 e. The fourth-order valence-electron chi connectivity index (χ4n) is 3.22. The zero-order valence-electron chi connectivity index (χ0n) is 15.3. The van der Waals surface area contributed by atoms with Crippen molar-refractivity contribution in [1.82, 2.24) is 24.5 Å². The van der Waals surface area contributed by atoms with Crippen LogP contribution in [0.1, 0.15) is 49.0 Å². The first-order valence-corrected chi connectivity index (χ1v) is 8.65. The Morgan fingerprint density at radius 1 is 1.31 bits per heavy atom. The highest BCUT2D eigenvalue weighted by Crippen LogP contribution is 2.35. The fraction of sp³-hybridized carbons (Fsp3) is 0.647. The molecule has 9 heteroatoms. The maximum Gasteiger partial charge on any atom is 0.453 e. The van der Waals surface area contributed by atoms with E-state index in [2.05, 4.69) is 15.1 Å². The molecule has 142 valence electrons. The SMILES string of the molecule is Cc1nc2nc(C(F)(F)F)nn2c(C)c1CCC(=O)N(C)C(C)C1CC1. The number of amides is 1. The second-order valence-electron chi connectivity index (χ2n) is 6.99. The van der Waals surface area contributed by atoms with Gasteiger partial charge in [0.25, 0.3) is 11.6 Å². The van der Waals surface area contributed by atoms with Gasteiger partial charge in [-0.3, -0.25) is 4.79 Å². The predicted molar refractivity (Wildman–Crippen MR) is 88.5 cm³/mol. The van der Waals surface area contributed by atoms with Crippen molar-refractivity contribution >= 4 is 11.7 Å². The molecule has 1 unspecified atom stereocenters. The van der Waals surface area contributed by atoms with Crippen molar-refractivity contribution in [3.63, 3.8) is 0 Å². The Balaban J connectivity index is 1.80. The Bertz CT molecular complexity index is 841. The molecule has 0 N–H and O–H groups in total. The van der Waals surface area contributed by atoms with Crippen molar-refractivity contribution in [1.29, 1.82) is 0 Å². The molecule has 2 aromatic rings. The molecule has 1 amide bonds. The number of halogens is 3. The first-order chi connectivity index (χ1) is 12.1. The van der Waals surface area contributed by atoms with Crippen LogP contribution >= 0.6 is 0 Å². The van der Waals surface area contributed by atoms with Crippen LogP contribution in [-0.2, 0) is 17.4 Å². The van der Waals surface area contributed by atoms with Crippen molar-refractivity contribution in [3.05, 3.63) is 22.8 Å². The Kier molecular flexibility index (Phi) is 4.66. The molecule has 1 saturated carbocycles. The van der Waals surface area contributed by atoms with Gasteiger partial charge in [-0.2, -0.15) is 18.2 Å². The van der Waals surface area contributed by atoms with Crippen LogP contribution in [0, 0.1) is 19.8 Å². The van der Waals surface area contributed by atoms with E-state index in [4.69, 9.17) is 0 Å². The summed E-state index contributed by atoms with van der Waals surface area (Å²) in [7, 11) is 1.81. The number of fused-ring (bicyclic) bond motifs is 1. The summed E-state index contributed by atoms with van der Waals surface area (Å²) in [5.74, 6) is -0.681. The van der Waals surface area contributed by atoms with Gasteiger partial charge in [0.2, 0.25) is 5.91 Å². The average Bonchev–Trinajstić information content (AvgIpc) is 3.31. The van der Waals surface area contributed by atoms with Crippen LogP contribution in [0.25, 0.3) is 5.78 Å². The van der Waals surface area contributed by atoms with Crippen molar-refractivity contribution < 1.29 is 18.0 Å². The highest BCUT2D eigenvalue weighted by molar-refractivity contribution is 5.76. The van der Waals surface area contributed by atoms with Crippen molar-refractivity contribution in [2.45, 2.75) is 58.7 Å². The maximum atomic E-state index is 12.8. The largest absolute Gasteiger partial charge is 0.453 e. The van der Waals surface area contributed by atoms with Crippen LogP contribution in [0.5, 0.6) is 0 Å². The van der Waals surface area contributed by atoms with Crippen LogP contribution in [-0.4, -0.2) is 43.5 Å². The number of rotatable bonds is 5. The zero-order chi connectivity index (χ0) is 19.2. The number of alkyl halides is 3. The Morgan fingerprint density at radius 3 is 2.54 bits per heavy atom. The minimum atomic E-state index is -4.62. The summed E-state index contributed by atoms with van der Waals surface area (Å²) in [5, 5.41) is 3.53. The van der Waals surface area contributed by atoms with Gasteiger partial charge in [0.05, 0.1) is 0 Å². The number of nitrogens with zero attached hydrogens (tertiary/aromatic N) is 5. The normalized spacial score (nSPS) is 16.1. The number of aryl methyl sites for hydroxylation is 2. The molecule has 2 heterocycles. The van der Waals surface area contributed by atoms with E-state index in [1.165, 1.54) is 0 Å². The van der Waals surface area contributed by atoms with Crippen LogP contribution in [0.2, 0.25) is 0 Å². The molecule has 0 radical (unpaired) electrons. The number of aromatic nitrogens is 4. The van der Waals surface area contributed by atoms with Crippen LogP contribution in [0.15, 0.2) is 0 Å². The summed E-state index contributed by atoms with van der Waals surface area (Å²) in [4.78, 5) is 21.8. The summed E-state index contributed by atoms with van der Waals surface area (Å²) >= 11 is 0. The molecule has 0 saturated heterocycles. The van der Waals surface area contributed by atoms with Crippen LogP contribution in [0.3, 0.4) is 0 Å². The molecule has 1 aliphatic carbocycles. The first-order valence-electron chi connectivity index (χ1n) is 8.65. The fourth-order valence-corrected chi connectivity index (χ4v) is 3.22. The number of hydrogen-bond acceptors (Lipinski definition) is 4. The smallest absolute Gasteiger partial charge is 0.343 e. The zero-order valence-corrected chi connectivity index (χ0v) is 15.3. The summed E-state index contributed by atoms with van der Waals surface area (Å²) in [6.07, 6.45) is -1.62. The topological polar surface area (TPSA) is 63.4 Å². The van der Waals surface area contributed by atoms with E-state index in [1.807, 2.05) is 6.92 Å². The molecular weight excluding hydrogens is 347 g/mol. The van der Waals surface area contributed by atoms with Crippen LogP contribution < -0.4 is 0 Å². The monoisotopic (exact) mass is 369 g/mol. The molecule has 2 aromatic heterocycles. The molecule has 1 aliphatic rings. The molecule has 0 bridgehead atoms. The van der Waals surface area contributed by atoms with Gasteiger partial charge in [-0.25, -0.2) is 9.50 Å². The van der Waals surface area contributed by atoms with Crippen molar-refractivity contribution in [3.8, 4) is 0 Å². The molecule has 6 nitrogen and oxygen atoms in total. The first kappa shape index (κ1) is 18.6. The molecule has 1 atom stereocenters. The number of carbonyl (C=O) groups excluding carboxylic acids is 1. The minimum absolute atomic E-state index is 0.0258. The van der Waals surface area contributed by atoms with Crippen molar-refractivity contribution in [2.24, 2.45) is 5.92 Å². The third-order valence-electron chi connectivity index (χ3n) is 5.20. The second-order valence-corrected chi connectivity index (χ2v) is 6.99. The summed E-state index contributed by atoms with van der Waals surface area (Å²) in [5.41, 5.74) is 1.83. The lowest BCUT2D eigenvalue weighted by atomic mass is 10.1. The van der Waals surface area contributed by atoms with Gasteiger partial charge < -0.3 is 4.90 Å². The summed E-state index contributed by atoms with van der Waals surface area (Å²) in [6, 6.07) is 0.218. The molecule has 0 aliphatic heterocycles. The standard InChI is InChI=1S/C17H22F3N5O/c1-9-13(7-8-14(26)24(4)10(2)12-5-6-12)11(3)25-16(21-9)22-15(23-25)17(18,19)20/h10,12H,5-8H2,1-4H3. The third kappa shape index (κ3) is 3.52. The van der Waals surface area contributed by atoms with Gasteiger partial charge in [-0.1, -0.05) is 0 Å². The second kappa shape index (κ2) is 6.51. The lowest BCUT2D eigenvalue weighted by Gasteiger charge is -2.25. The van der Waals surface area contributed by atoms with E-state index in [0.29, 0.717) is 23.7 Å². The van der Waals surface area contributed by atoms with Gasteiger partial charge >= 0.3 is 6.18 Å². The average molecular weight is 369 g/mol. The lowest BCUT2D eigenvalue weighted by molar-refractivity contribution is -0.144. The summed E-state index contributed by atoms with van der Waals surface area (Å²) in [6.45, 7) is 5.44. The molecule has 26 heavy (non-hydrogen) atoms. The van der Waals surface area contributed by atoms with Crippen molar-refractivity contribution in [2.75, 3.05) is 7.05 Å².